The minimum Gasteiger partial charge on any atom is -0.497 e. The Bertz CT molecular complexity index is 953. The molecular weight excluding hydrogens is 416 g/mol. The molecule has 2 aromatic rings. The predicted octanol–water partition coefficient (Wildman–Crippen LogP) is 3.11. The molecular formula is C26H34N4O3. The molecule has 0 radical (unpaired) electrons. The molecule has 2 fully saturated rings. The van der Waals surface area contributed by atoms with E-state index in [2.05, 4.69) is 24.1 Å². The zero-order chi connectivity index (χ0) is 23.4. The highest BCUT2D eigenvalue weighted by Crippen LogP contribution is 2.34. The lowest BCUT2D eigenvalue weighted by molar-refractivity contribution is -0.133. The Morgan fingerprint density at radius 3 is 2.52 bits per heavy atom. The van der Waals surface area contributed by atoms with Crippen molar-refractivity contribution in [1.29, 1.82) is 0 Å². The molecule has 2 amide bonds. The van der Waals surface area contributed by atoms with Crippen LogP contribution in [0.5, 0.6) is 5.75 Å². The Morgan fingerprint density at radius 1 is 1.18 bits per heavy atom. The van der Waals surface area contributed by atoms with Crippen LogP contribution in [-0.4, -0.2) is 65.0 Å². The molecule has 2 aliphatic heterocycles. The van der Waals surface area contributed by atoms with Gasteiger partial charge in [0.15, 0.2) is 0 Å². The van der Waals surface area contributed by atoms with Gasteiger partial charge in [-0.05, 0) is 48.7 Å². The van der Waals surface area contributed by atoms with Gasteiger partial charge in [-0.1, -0.05) is 19.9 Å². The fourth-order valence-corrected chi connectivity index (χ4v) is 5.00. The molecule has 0 aliphatic carbocycles. The number of carbonyl (C=O) groups excluding carboxylic acids is 2. The molecule has 2 aliphatic rings. The number of amides is 2. The van der Waals surface area contributed by atoms with Crippen LogP contribution in [0.2, 0.25) is 0 Å². The third-order valence-corrected chi connectivity index (χ3v) is 6.76. The number of aromatic nitrogens is 1. The average molecular weight is 451 g/mol. The van der Waals surface area contributed by atoms with Crippen LogP contribution >= 0.6 is 0 Å². The minimum absolute atomic E-state index is 0.0237. The van der Waals surface area contributed by atoms with Crippen LogP contribution in [-0.2, 0) is 11.2 Å². The molecule has 4 rings (SSSR count). The first-order valence-electron chi connectivity index (χ1n) is 11.8. The number of carbonyl (C=O) groups is 2. The van der Waals surface area contributed by atoms with Gasteiger partial charge in [0.05, 0.1) is 18.8 Å². The number of nitrogens with one attached hydrogen (secondary N) is 1. The summed E-state index contributed by atoms with van der Waals surface area (Å²) in [6.45, 7) is 6.14. The minimum atomic E-state index is -0.401. The molecule has 176 valence electrons. The number of hydrogen-bond donors (Lipinski definition) is 1. The molecule has 3 heterocycles. The van der Waals surface area contributed by atoms with Crippen molar-refractivity contribution in [3.8, 4) is 5.75 Å². The number of rotatable bonds is 7. The summed E-state index contributed by atoms with van der Waals surface area (Å²) in [6, 6.07) is 13.0. The lowest BCUT2D eigenvalue weighted by atomic mass is 9.94. The molecule has 0 bridgehead atoms. The normalized spacial score (nSPS) is 20.0. The third-order valence-electron chi connectivity index (χ3n) is 6.76. The monoisotopic (exact) mass is 450 g/mol. The zero-order valence-electron chi connectivity index (χ0n) is 19.8. The molecule has 1 N–H and O–H groups in total. The van der Waals surface area contributed by atoms with Crippen molar-refractivity contribution in [2.75, 3.05) is 26.7 Å². The van der Waals surface area contributed by atoms with Gasteiger partial charge in [-0.25, -0.2) is 0 Å². The molecule has 7 nitrogen and oxygen atoms in total. The van der Waals surface area contributed by atoms with Crippen LogP contribution in [0.1, 0.15) is 49.2 Å². The van der Waals surface area contributed by atoms with Gasteiger partial charge in [0.25, 0.3) is 5.91 Å². The number of hydrogen-bond acceptors (Lipinski definition) is 5. The molecule has 0 saturated carbocycles. The summed E-state index contributed by atoms with van der Waals surface area (Å²) in [5.41, 5.74) is 1.24. The molecule has 1 spiro atoms. The highest BCUT2D eigenvalue weighted by atomic mass is 16.5. The number of methoxy groups -OCH3 is 1. The van der Waals surface area contributed by atoms with Gasteiger partial charge in [0.2, 0.25) is 5.91 Å². The maximum Gasteiger partial charge on any atom is 0.253 e. The van der Waals surface area contributed by atoms with Gasteiger partial charge < -0.3 is 14.5 Å². The summed E-state index contributed by atoms with van der Waals surface area (Å²) in [4.78, 5) is 34.8. The van der Waals surface area contributed by atoms with Crippen LogP contribution in [0.15, 0.2) is 48.7 Å². The summed E-state index contributed by atoms with van der Waals surface area (Å²) >= 11 is 0. The van der Waals surface area contributed by atoms with Crippen molar-refractivity contribution >= 4 is 11.8 Å². The van der Waals surface area contributed by atoms with Crippen LogP contribution in [0.4, 0.5) is 0 Å². The molecule has 1 atom stereocenters. The maximum absolute atomic E-state index is 13.4. The summed E-state index contributed by atoms with van der Waals surface area (Å²) in [5, 5.41) is 3.69. The Balaban J connectivity index is 1.46. The highest BCUT2D eigenvalue weighted by molar-refractivity contribution is 5.94. The standard InChI is InChI=1S/C26H34N4O3/c1-19(2)18-23-25(32)30(15-11-21-6-4-5-14-27-21)26(28-23)12-16-29(17-13-26)24(31)20-7-9-22(33-3)10-8-20/h4-10,14,19,23,28H,11-13,15-18H2,1-3H3. The van der Waals surface area contributed by atoms with Crippen LogP contribution in [0.25, 0.3) is 0 Å². The average Bonchev–Trinajstić information content (AvgIpc) is 3.07. The predicted molar refractivity (Wildman–Crippen MR) is 127 cm³/mol. The first-order chi connectivity index (χ1) is 15.9. The number of benzene rings is 1. The van der Waals surface area contributed by atoms with E-state index in [0.717, 1.165) is 37.1 Å². The number of piperidine rings is 1. The second-order valence-electron chi connectivity index (χ2n) is 9.44. The second-order valence-corrected chi connectivity index (χ2v) is 9.44. The van der Waals surface area contributed by atoms with Crippen LogP contribution in [0, 0.1) is 5.92 Å². The van der Waals surface area contributed by atoms with E-state index >= 15 is 0 Å². The quantitative estimate of drug-likeness (QED) is 0.702. The van der Waals surface area contributed by atoms with Crippen molar-refractivity contribution in [3.05, 3.63) is 59.9 Å². The summed E-state index contributed by atoms with van der Waals surface area (Å²) in [7, 11) is 1.61. The number of ether oxygens (including phenoxy) is 1. The number of pyridine rings is 1. The first kappa shape index (κ1) is 23.2. The van der Waals surface area contributed by atoms with E-state index in [4.69, 9.17) is 4.74 Å². The van der Waals surface area contributed by atoms with E-state index in [-0.39, 0.29) is 17.9 Å². The van der Waals surface area contributed by atoms with E-state index in [1.165, 1.54) is 0 Å². The SMILES string of the molecule is COc1ccc(C(=O)N2CCC3(CC2)NC(CC(C)C)C(=O)N3CCc2ccccn2)cc1. The van der Waals surface area contributed by atoms with E-state index in [0.29, 0.717) is 31.1 Å². The van der Waals surface area contributed by atoms with E-state index in [9.17, 15) is 9.59 Å². The Kier molecular flexibility index (Phi) is 6.98. The smallest absolute Gasteiger partial charge is 0.253 e. The third kappa shape index (κ3) is 5.03. The molecule has 1 aromatic carbocycles. The van der Waals surface area contributed by atoms with Gasteiger partial charge >= 0.3 is 0 Å². The molecule has 2 saturated heterocycles. The largest absolute Gasteiger partial charge is 0.497 e. The van der Waals surface area contributed by atoms with Gasteiger partial charge in [-0.3, -0.25) is 19.9 Å². The van der Waals surface area contributed by atoms with Gasteiger partial charge in [0, 0.05) is 56.4 Å². The van der Waals surface area contributed by atoms with Crippen molar-refractivity contribution in [3.63, 3.8) is 0 Å². The van der Waals surface area contributed by atoms with Gasteiger partial charge in [-0.15, -0.1) is 0 Å². The van der Waals surface area contributed by atoms with E-state index < -0.39 is 5.66 Å². The van der Waals surface area contributed by atoms with E-state index in [1.807, 2.05) is 40.1 Å². The molecule has 7 heteroatoms. The summed E-state index contributed by atoms with van der Waals surface area (Å²) in [5.74, 6) is 1.36. The topological polar surface area (TPSA) is 74.8 Å². The fraction of sp³-hybridized carbons (Fsp3) is 0.500. The van der Waals surface area contributed by atoms with Crippen molar-refractivity contribution in [1.82, 2.24) is 20.1 Å². The number of likely N-dealkylation sites (tertiary alicyclic amines) is 1. The molecule has 1 aromatic heterocycles. The van der Waals surface area contributed by atoms with Crippen molar-refractivity contribution in [2.45, 2.75) is 51.2 Å². The lowest BCUT2D eigenvalue weighted by Crippen LogP contribution is -2.60. The van der Waals surface area contributed by atoms with Gasteiger partial charge in [-0.2, -0.15) is 0 Å². The Morgan fingerprint density at radius 2 is 1.91 bits per heavy atom. The zero-order valence-corrected chi connectivity index (χ0v) is 19.8. The molecule has 1 unspecified atom stereocenters. The van der Waals surface area contributed by atoms with Crippen LogP contribution in [0.3, 0.4) is 0 Å². The fourth-order valence-electron chi connectivity index (χ4n) is 5.00. The van der Waals surface area contributed by atoms with E-state index in [1.54, 1.807) is 25.4 Å². The first-order valence-corrected chi connectivity index (χ1v) is 11.8. The van der Waals surface area contributed by atoms with Crippen LogP contribution < -0.4 is 10.1 Å². The highest BCUT2D eigenvalue weighted by Gasteiger charge is 2.51. The van der Waals surface area contributed by atoms with Crippen molar-refractivity contribution in [2.24, 2.45) is 5.92 Å². The number of nitrogens with zero attached hydrogens (tertiary/aromatic N) is 3. The molecule has 33 heavy (non-hydrogen) atoms. The van der Waals surface area contributed by atoms with Gasteiger partial charge in [0.1, 0.15) is 5.75 Å². The lowest BCUT2D eigenvalue weighted by Gasteiger charge is -2.44. The maximum atomic E-state index is 13.4. The summed E-state index contributed by atoms with van der Waals surface area (Å²) < 4.78 is 5.20. The van der Waals surface area contributed by atoms with Crippen molar-refractivity contribution < 1.29 is 14.3 Å². The second kappa shape index (κ2) is 9.91. The summed E-state index contributed by atoms with van der Waals surface area (Å²) in [6.07, 6.45) is 4.77. The Labute approximate surface area is 196 Å². The Hall–Kier alpha value is -2.93.